The normalized spacial score (nSPS) is 10.0. The minimum atomic E-state index is -1.85. The zero-order chi connectivity index (χ0) is 10.9. The second-order valence-corrected chi connectivity index (χ2v) is 2.39. The first kappa shape index (κ1) is 10.3. The summed E-state index contributed by atoms with van der Waals surface area (Å²) >= 11 is 0. The Morgan fingerprint density at radius 2 is 1.93 bits per heavy atom. The van der Waals surface area contributed by atoms with Crippen molar-refractivity contribution in [3.05, 3.63) is 33.6 Å². The van der Waals surface area contributed by atoms with E-state index in [1.54, 1.807) is 0 Å². The molecule has 0 radical (unpaired) electrons. The summed E-state index contributed by atoms with van der Waals surface area (Å²) in [6.07, 6.45) is 0. The Labute approximate surface area is 76.5 Å². The molecule has 0 bridgehead atoms. The van der Waals surface area contributed by atoms with Gasteiger partial charge in [-0.05, 0) is 0 Å². The van der Waals surface area contributed by atoms with Crippen LogP contribution in [-0.4, -0.2) is 12.0 Å². The van der Waals surface area contributed by atoms with E-state index in [4.69, 9.17) is 0 Å². The van der Waals surface area contributed by atoms with Crippen LogP contribution in [0.2, 0.25) is 0 Å². The van der Waals surface area contributed by atoms with Crippen LogP contribution in [0.1, 0.15) is 0 Å². The van der Waals surface area contributed by atoms with Crippen LogP contribution >= 0.6 is 0 Å². The quantitative estimate of drug-likeness (QED) is 0.457. The van der Waals surface area contributed by atoms with Gasteiger partial charge in [-0.15, -0.1) is 0 Å². The van der Waals surface area contributed by atoms with Crippen molar-refractivity contribution in [3.63, 3.8) is 0 Å². The summed E-state index contributed by atoms with van der Waals surface area (Å²) in [4.78, 5) is 9.18. The number of halogens is 3. The second-order valence-electron chi connectivity index (χ2n) is 2.39. The standard InChI is InChI=1S/C7H5F3N2O2/c1-11-4-2-3(8)5(9)6(10)7(4)12(13)14/h2,11H,1H3. The van der Waals surface area contributed by atoms with Gasteiger partial charge in [-0.1, -0.05) is 0 Å². The first-order valence-electron chi connectivity index (χ1n) is 3.48. The van der Waals surface area contributed by atoms with Crippen LogP contribution in [-0.2, 0) is 0 Å². The smallest absolute Gasteiger partial charge is 0.330 e. The molecule has 0 spiro atoms. The van der Waals surface area contributed by atoms with E-state index in [0.717, 1.165) is 0 Å². The molecule has 1 rings (SSSR count). The second kappa shape index (κ2) is 3.52. The molecule has 4 nitrogen and oxygen atoms in total. The molecular weight excluding hydrogens is 201 g/mol. The fourth-order valence-electron chi connectivity index (χ4n) is 0.955. The molecule has 0 fully saturated rings. The molecular formula is C7H5F3N2O2. The summed E-state index contributed by atoms with van der Waals surface area (Å²) < 4.78 is 38.0. The third-order valence-corrected chi connectivity index (χ3v) is 1.59. The molecule has 0 aliphatic carbocycles. The first-order valence-corrected chi connectivity index (χ1v) is 3.48. The lowest BCUT2D eigenvalue weighted by Gasteiger charge is -2.03. The van der Waals surface area contributed by atoms with E-state index < -0.39 is 33.7 Å². The number of nitro benzene ring substituents is 1. The molecule has 0 aliphatic heterocycles. The van der Waals surface area contributed by atoms with Crippen LogP contribution in [0, 0.1) is 27.6 Å². The van der Waals surface area contributed by atoms with Crippen molar-refractivity contribution in [2.75, 3.05) is 12.4 Å². The number of benzene rings is 1. The highest BCUT2D eigenvalue weighted by atomic mass is 19.2. The van der Waals surface area contributed by atoms with Crippen LogP contribution in [0.25, 0.3) is 0 Å². The number of rotatable bonds is 2. The number of nitro groups is 1. The maximum Gasteiger partial charge on any atom is 0.330 e. The summed E-state index contributed by atoms with van der Waals surface area (Å²) in [5, 5.41) is 12.5. The van der Waals surface area contributed by atoms with Crippen LogP contribution in [0.5, 0.6) is 0 Å². The van der Waals surface area contributed by atoms with Crippen LogP contribution in [0.3, 0.4) is 0 Å². The van der Waals surface area contributed by atoms with E-state index in [2.05, 4.69) is 5.32 Å². The van der Waals surface area contributed by atoms with E-state index >= 15 is 0 Å². The Hall–Kier alpha value is -1.79. The van der Waals surface area contributed by atoms with Crippen molar-refractivity contribution >= 4 is 11.4 Å². The first-order chi connectivity index (χ1) is 6.49. The average molecular weight is 206 g/mol. The molecule has 0 saturated heterocycles. The lowest BCUT2D eigenvalue weighted by atomic mass is 10.2. The van der Waals surface area contributed by atoms with Crippen molar-refractivity contribution in [2.45, 2.75) is 0 Å². The van der Waals surface area contributed by atoms with Gasteiger partial charge in [0.25, 0.3) is 0 Å². The highest BCUT2D eigenvalue weighted by Gasteiger charge is 2.26. The number of anilines is 1. The fraction of sp³-hybridized carbons (Fsp3) is 0.143. The van der Waals surface area contributed by atoms with Crippen molar-refractivity contribution in [3.8, 4) is 0 Å². The van der Waals surface area contributed by atoms with Gasteiger partial charge in [-0.3, -0.25) is 10.1 Å². The minimum Gasteiger partial charge on any atom is -0.382 e. The largest absolute Gasteiger partial charge is 0.382 e. The van der Waals surface area contributed by atoms with Gasteiger partial charge in [-0.2, -0.15) is 4.39 Å². The molecule has 0 heterocycles. The van der Waals surface area contributed by atoms with Gasteiger partial charge in [0.2, 0.25) is 11.6 Å². The van der Waals surface area contributed by atoms with Crippen molar-refractivity contribution < 1.29 is 18.1 Å². The molecule has 0 amide bonds. The number of hydrogen-bond donors (Lipinski definition) is 1. The summed E-state index contributed by atoms with van der Waals surface area (Å²) in [7, 11) is 1.24. The highest BCUT2D eigenvalue weighted by molar-refractivity contribution is 5.62. The van der Waals surface area contributed by atoms with Gasteiger partial charge in [-0.25, -0.2) is 8.78 Å². The minimum absolute atomic E-state index is 0.411. The summed E-state index contributed by atoms with van der Waals surface area (Å²) in [6, 6.07) is 0.524. The molecule has 1 aromatic rings. The van der Waals surface area contributed by atoms with E-state index in [1.807, 2.05) is 0 Å². The Kier molecular flexibility index (Phi) is 2.59. The van der Waals surface area contributed by atoms with Gasteiger partial charge in [0.1, 0.15) is 5.69 Å². The summed E-state index contributed by atoms with van der Waals surface area (Å²) in [6.45, 7) is 0. The molecule has 1 aromatic carbocycles. The molecule has 0 aromatic heterocycles. The van der Waals surface area contributed by atoms with Crippen molar-refractivity contribution in [1.29, 1.82) is 0 Å². The third kappa shape index (κ3) is 1.48. The molecule has 0 saturated carbocycles. The molecule has 1 N–H and O–H groups in total. The fourth-order valence-corrected chi connectivity index (χ4v) is 0.955. The zero-order valence-electron chi connectivity index (χ0n) is 6.97. The van der Waals surface area contributed by atoms with Crippen LogP contribution in [0.15, 0.2) is 6.07 Å². The number of nitrogens with one attached hydrogen (secondary N) is 1. The topological polar surface area (TPSA) is 55.2 Å². The van der Waals surface area contributed by atoms with E-state index in [-0.39, 0.29) is 0 Å². The van der Waals surface area contributed by atoms with Crippen molar-refractivity contribution in [2.24, 2.45) is 0 Å². The molecule has 0 aliphatic rings. The Balaban J connectivity index is 3.53. The molecule has 14 heavy (non-hydrogen) atoms. The van der Waals surface area contributed by atoms with Gasteiger partial charge in [0, 0.05) is 13.1 Å². The van der Waals surface area contributed by atoms with Gasteiger partial charge in [0.05, 0.1) is 4.92 Å². The van der Waals surface area contributed by atoms with Gasteiger partial charge < -0.3 is 5.32 Å². The Bertz CT molecular complexity index is 395. The third-order valence-electron chi connectivity index (χ3n) is 1.59. The Morgan fingerprint density at radius 3 is 2.36 bits per heavy atom. The number of nitrogens with zero attached hydrogens (tertiary/aromatic N) is 1. The van der Waals surface area contributed by atoms with Gasteiger partial charge >= 0.3 is 5.69 Å². The van der Waals surface area contributed by atoms with E-state index in [0.29, 0.717) is 6.07 Å². The van der Waals surface area contributed by atoms with Gasteiger partial charge in [0.15, 0.2) is 5.82 Å². The summed E-state index contributed by atoms with van der Waals surface area (Å²) in [5.41, 5.74) is -1.52. The molecule has 0 atom stereocenters. The monoisotopic (exact) mass is 206 g/mol. The van der Waals surface area contributed by atoms with Crippen molar-refractivity contribution in [1.82, 2.24) is 0 Å². The zero-order valence-corrected chi connectivity index (χ0v) is 6.97. The highest BCUT2D eigenvalue weighted by Crippen LogP contribution is 2.30. The summed E-state index contributed by atoms with van der Waals surface area (Å²) in [5.74, 6) is -5.13. The van der Waals surface area contributed by atoms with E-state index in [1.165, 1.54) is 7.05 Å². The number of hydrogen-bond acceptors (Lipinski definition) is 3. The lowest BCUT2D eigenvalue weighted by molar-refractivity contribution is -0.386. The maximum atomic E-state index is 12.9. The Morgan fingerprint density at radius 1 is 1.36 bits per heavy atom. The molecule has 0 unspecified atom stereocenters. The molecule has 7 heteroatoms. The predicted molar refractivity (Wildman–Crippen MR) is 42.5 cm³/mol. The lowest BCUT2D eigenvalue weighted by Crippen LogP contribution is -2.03. The maximum absolute atomic E-state index is 12.9. The predicted octanol–water partition coefficient (Wildman–Crippen LogP) is 2.05. The van der Waals surface area contributed by atoms with Crippen LogP contribution in [0.4, 0.5) is 24.5 Å². The van der Waals surface area contributed by atoms with Crippen LogP contribution < -0.4 is 5.32 Å². The molecule has 76 valence electrons. The van der Waals surface area contributed by atoms with E-state index in [9.17, 15) is 23.3 Å². The SMILES string of the molecule is CNc1cc(F)c(F)c(F)c1[N+](=O)[O-]. The average Bonchev–Trinajstić information content (AvgIpc) is 2.12.